The lowest BCUT2D eigenvalue weighted by Crippen LogP contribution is -2.43. The average Bonchev–Trinajstić information content (AvgIpc) is 2.64. The number of carbonyl (C=O) groups excluding carboxylic acids is 2. The average molecular weight is 436 g/mol. The molecule has 0 saturated heterocycles. The number of amides is 1. The van der Waals surface area contributed by atoms with Crippen LogP contribution in [0.1, 0.15) is 46.9 Å². The second-order valence-electron chi connectivity index (χ2n) is 6.98. The minimum atomic E-state index is -0.517. The van der Waals surface area contributed by atoms with E-state index in [1.807, 2.05) is 13.8 Å². The van der Waals surface area contributed by atoms with Gasteiger partial charge in [0.05, 0.1) is 15.6 Å². The third-order valence-corrected chi connectivity index (χ3v) is 5.04. The van der Waals surface area contributed by atoms with Gasteiger partial charge in [-0.15, -0.1) is 0 Å². The van der Waals surface area contributed by atoms with Crippen molar-refractivity contribution in [1.82, 2.24) is 20.1 Å². The van der Waals surface area contributed by atoms with E-state index in [0.717, 1.165) is 4.68 Å². The fourth-order valence-electron chi connectivity index (χ4n) is 2.92. The van der Waals surface area contributed by atoms with Crippen LogP contribution in [0.5, 0.6) is 0 Å². The molecule has 1 aliphatic heterocycles. The molecule has 0 spiro atoms. The second kappa shape index (κ2) is 7.96. The van der Waals surface area contributed by atoms with Crippen molar-refractivity contribution < 1.29 is 9.59 Å². The van der Waals surface area contributed by atoms with E-state index < -0.39 is 5.78 Å². The Bertz CT molecular complexity index is 1080. The van der Waals surface area contributed by atoms with Crippen LogP contribution in [-0.2, 0) is 11.8 Å². The van der Waals surface area contributed by atoms with Crippen molar-refractivity contribution in [1.29, 1.82) is 0 Å². The molecule has 0 aliphatic carbocycles. The zero-order valence-electron chi connectivity index (χ0n) is 16.3. The summed E-state index contributed by atoms with van der Waals surface area (Å²) in [6.45, 7) is 4.00. The van der Waals surface area contributed by atoms with E-state index in [0.29, 0.717) is 11.1 Å². The summed E-state index contributed by atoms with van der Waals surface area (Å²) in [4.78, 5) is 37.4. The molecule has 2 aromatic rings. The van der Waals surface area contributed by atoms with Crippen molar-refractivity contribution in [3.05, 3.63) is 61.0 Å². The zero-order chi connectivity index (χ0) is 21.5. The maximum Gasteiger partial charge on any atom is 0.273 e. The first-order valence-electron chi connectivity index (χ1n) is 8.80. The van der Waals surface area contributed by atoms with Crippen molar-refractivity contribution in [2.75, 3.05) is 13.7 Å². The summed E-state index contributed by atoms with van der Waals surface area (Å²) >= 11 is 12.7. The number of hydrazone groups is 1. The number of aromatic nitrogens is 2. The Hall–Kier alpha value is -2.71. The van der Waals surface area contributed by atoms with Crippen LogP contribution in [0, 0.1) is 0 Å². The fourth-order valence-corrected chi connectivity index (χ4v) is 3.58. The Morgan fingerprint density at radius 3 is 2.34 bits per heavy atom. The highest BCUT2D eigenvalue weighted by atomic mass is 35.5. The number of hydrogen-bond acceptors (Lipinski definition) is 6. The Kier molecular flexibility index (Phi) is 5.77. The Balaban J connectivity index is 2.08. The van der Waals surface area contributed by atoms with Crippen molar-refractivity contribution >= 4 is 40.6 Å². The molecule has 8 nitrogen and oxygen atoms in total. The Morgan fingerprint density at radius 1 is 1.14 bits per heavy atom. The Morgan fingerprint density at radius 2 is 1.76 bits per heavy atom. The normalized spacial score (nSPS) is 14.1. The molecule has 1 aliphatic rings. The summed E-state index contributed by atoms with van der Waals surface area (Å²) in [5.41, 5.74) is 0.823. The van der Waals surface area contributed by atoms with Crippen LogP contribution in [0.15, 0.2) is 28.1 Å². The summed E-state index contributed by atoms with van der Waals surface area (Å²) in [5, 5.41) is 12.6. The Labute approximate surface area is 177 Å². The third kappa shape index (κ3) is 4.04. The molecule has 1 aromatic carbocycles. The van der Waals surface area contributed by atoms with Gasteiger partial charge < -0.3 is 5.32 Å². The van der Waals surface area contributed by atoms with Crippen molar-refractivity contribution in [2.45, 2.75) is 19.8 Å². The quantitative estimate of drug-likeness (QED) is 0.742. The molecule has 10 heteroatoms. The largest absolute Gasteiger partial charge is 0.332 e. The molecule has 0 radical (unpaired) electrons. The number of ketones is 1. The van der Waals surface area contributed by atoms with Crippen LogP contribution >= 0.6 is 23.2 Å². The SMILES string of the molecule is CC(C)c1cc(C(=O)c2c(Cl)cc(C3=NN(C)CNC3=O)cc2Cl)nn(C)c1=O. The molecule has 29 heavy (non-hydrogen) atoms. The van der Waals surface area contributed by atoms with Gasteiger partial charge in [-0.2, -0.15) is 10.2 Å². The highest BCUT2D eigenvalue weighted by Gasteiger charge is 2.25. The molecular weight excluding hydrogens is 417 g/mol. The predicted molar refractivity (Wildman–Crippen MR) is 111 cm³/mol. The molecule has 2 heterocycles. The number of carbonyl (C=O) groups is 2. The molecule has 1 N–H and O–H groups in total. The van der Waals surface area contributed by atoms with Gasteiger partial charge in [0.25, 0.3) is 11.5 Å². The molecule has 1 amide bonds. The van der Waals surface area contributed by atoms with Gasteiger partial charge in [0.2, 0.25) is 5.78 Å². The van der Waals surface area contributed by atoms with Gasteiger partial charge in [0.15, 0.2) is 5.71 Å². The van der Waals surface area contributed by atoms with E-state index in [-0.39, 0.29) is 51.1 Å². The van der Waals surface area contributed by atoms with E-state index in [9.17, 15) is 14.4 Å². The zero-order valence-corrected chi connectivity index (χ0v) is 17.8. The fraction of sp³-hybridized carbons (Fsp3) is 0.316. The number of hydrogen-bond donors (Lipinski definition) is 1. The van der Waals surface area contributed by atoms with Crippen molar-refractivity contribution in [3.63, 3.8) is 0 Å². The van der Waals surface area contributed by atoms with Gasteiger partial charge in [0, 0.05) is 25.2 Å². The molecule has 0 unspecified atom stereocenters. The van der Waals surface area contributed by atoms with Crippen LogP contribution in [0.4, 0.5) is 0 Å². The lowest BCUT2D eigenvalue weighted by molar-refractivity contribution is -0.116. The first kappa shape index (κ1) is 21.0. The smallest absolute Gasteiger partial charge is 0.273 e. The minimum absolute atomic E-state index is 0.0445. The summed E-state index contributed by atoms with van der Waals surface area (Å²) < 4.78 is 1.12. The summed E-state index contributed by atoms with van der Waals surface area (Å²) in [6.07, 6.45) is 0. The standard InChI is InChI=1S/C19H19Cl2N5O3/c1-9(2)11-7-14(23-26(4)19(11)29)17(27)15-12(20)5-10(6-13(15)21)16-18(28)22-8-25(3)24-16/h5-7,9H,8H2,1-4H3,(H,22,28). The van der Waals surface area contributed by atoms with Gasteiger partial charge in [0.1, 0.15) is 12.4 Å². The topological polar surface area (TPSA) is 96.7 Å². The molecule has 152 valence electrons. The molecule has 0 saturated carbocycles. The molecular formula is C19H19Cl2N5O3. The first-order chi connectivity index (χ1) is 13.6. The highest BCUT2D eigenvalue weighted by molar-refractivity contribution is 6.47. The lowest BCUT2D eigenvalue weighted by Gasteiger charge is -2.22. The number of nitrogens with zero attached hydrogens (tertiary/aromatic N) is 4. The van der Waals surface area contributed by atoms with E-state index in [4.69, 9.17) is 23.2 Å². The molecule has 0 atom stereocenters. The second-order valence-corrected chi connectivity index (χ2v) is 7.80. The van der Waals surface area contributed by atoms with Crippen molar-refractivity contribution in [3.8, 4) is 0 Å². The third-order valence-electron chi connectivity index (χ3n) is 4.44. The lowest BCUT2D eigenvalue weighted by atomic mass is 10.00. The van der Waals surface area contributed by atoms with Crippen LogP contribution < -0.4 is 10.9 Å². The summed E-state index contributed by atoms with van der Waals surface area (Å²) in [5.74, 6) is -0.969. The van der Waals surface area contributed by atoms with Crippen LogP contribution in [0.25, 0.3) is 0 Å². The molecule has 0 fully saturated rings. The molecule has 3 rings (SSSR count). The first-order valence-corrected chi connectivity index (χ1v) is 9.56. The van der Waals surface area contributed by atoms with E-state index in [1.54, 1.807) is 12.1 Å². The van der Waals surface area contributed by atoms with Crippen LogP contribution in [0.2, 0.25) is 10.0 Å². The number of aryl methyl sites for hydroxylation is 1. The van der Waals surface area contributed by atoms with Crippen LogP contribution in [-0.4, -0.2) is 45.9 Å². The number of halogens is 2. The molecule has 1 aromatic heterocycles. The van der Waals surface area contributed by atoms with Gasteiger partial charge in [-0.3, -0.25) is 19.4 Å². The molecule has 0 bridgehead atoms. The minimum Gasteiger partial charge on any atom is -0.332 e. The summed E-state index contributed by atoms with van der Waals surface area (Å²) in [7, 11) is 3.19. The monoisotopic (exact) mass is 435 g/mol. The van der Waals surface area contributed by atoms with Crippen LogP contribution in [0.3, 0.4) is 0 Å². The predicted octanol–water partition coefficient (Wildman–Crippen LogP) is 2.16. The number of nitrogens with one attached hydrogen (secondary N) is 1. The highest BCUT2D eigenvalue weighted by Crippen LogP contribution is 2.29. The van der Waals surface area contributed by atoms with E-state index in [2.05, 4.69) is 15.5 Å². The van der Waals surface area contributed by atoms with Gasteiger partial charge in [-0.05, 0) is 24.1 Å². The number of rotatable bonds is 4. The van der Waals surface area contributed by atoms with Gasteiger partial charge >= 0.3 is 0 Å². The maximum atomic E-state index is 13.1. The van der Waals surface area contributed by atoms with Crippen molar-refractivity contribution in [2.24, 2.45) is 12.1 Å². The summed E-state index contributed by atoms with van der Waals surface area (Å²) in [6, 6.07) is 4.39. The van der Waals surface area contributed by atoms with E-state index in [1.165, 1.54) is 25.2 Å². The van der Waals surface area contributed by atoms with Gasteiger partial charge in [-0.1, -0.05) is 37.0 Å². The number of benzene rings is 1. The van der Waals surface area contributed by atoms with Gasteiger partial charge in [-0.25, -0.2) is 4.68 Å². The van der Waals surface area contributed by atoms with E-state index >= 15 is 0 Å². The maximum absolute atomic E-state index is 13.1.